The van der Waals surface area contributed by atoms with Crippen molar-refractivity contribution >= 4 is 5.96 Å². The molecule has 1 aromatic rings. The summed E-state index contributed by atoms with van der Waals surface area (Å²) < 4.78 is 5.12. The number of hydrogen-bond donors (Lipinski definition) is 2. The molecule has 0 radical (unpaired) electrons. The highest BCUT2D eigenvalue weighted by Crippen LogP contribution is 2.30. The third-order valence-electron chi connectivity index (χ3n) is 4.40. The van der Waals surface area contributed by atoms with Crippen LogP contribution in [0.25, 0.3) is 0 Å². The average Bonchev–Trinajstić information content (AvgIpc) is 2.93. The summed E-state index contributed by atoms with van der Waals surface area (Å²) in [5, 5.41) is 10.4. The summed E-state index contributed by atoms with van der Waals surface area (Å²) in [4.78, 5) is 8.90. The molecular formula is C17H31N5O. The van der Waals surface area contributed by atoms with Crippen LogP contribution in [0, 0.1) is 18.8 Å². The topological polar surface area (TPSA) is 75.3 Å². The lowest BCUT2D eigenvalue weighted by atomic mass is 9.81. The van der Waals surface area contributed by atoms with Gasteiger partial charge in [-0.1, -0.05) is 31.3 Å². The van der Waals surface area contributed by atoms with Gasteiger partial charge in [0, 0.05) is 26.1 Å². The molecule has 2 unspecified atom stereocenters. The van der Waals surface area contributed by atoms with Crippen molar-refractivity contribution < 1.29 is 4.52 Å². The van der Waals surface area contributed by atoms with E-state index in [4.69, 9.17) is 9.52 Å². The summed E-state index contributed by atoms with van der Waals surface area (Å²) in [6.45, 7) is 8.80. The Bertz CT molecular complexity index is 485. The highest BCUT2D eigenvalue weighted by molar-refractivity contribution is 5.79. The number of guanidine groups is 1. The SMILES string of the molecule is CCNC(=NCCC1CCCC(C)C1)NCCc1nc(C)no1. The van der Waals surface area contributed by atoms with Gasteiger partial charge in [0.05, 0.1) is 0 Å². The predicted molar refractivity (Wildman–Crippen MR) is 92.5 cm³/mol. The summed E-state index contributed by atoms with van der Waals surface area (Å²) in [6.07, 6.45) is 7.45. The standard InChI is InChI=1S/C17H31N5O/c1-4-18-17(20-11-9-16-21-14(3)22-23-16)19-10-8-15-7-5-6-13(2)12-15/h13,15H,4-12H2,1-3H3,(H2,18,19,20). The molecule has 1 aliphatic rings. The third kappa shape index (κ3) is 6.59. The summed E-state index contributed by atoms with van der Waals surface area (Å²) in [5.41, 5.74) is 0. The number of nitrogens with zero attached hydrogens (tertiary/aromatic N) is 3. The molecule has 6 heteroatoms. The Morgan fingerprint density at radius 2 is 2.22 bits per heavy atom. The van der Waals surface area contributed by atoms with Crippen LogP contribution in [0.1, 0.15) is 57.7 Å². The van der Waals surface area contributed by atoms with Crippen molar-refractivity contribution in [2.75, 3.05) is 19.6 Å². The second kappa shape index (κ2) is 9.53. The Kier molecular flexibility index (Phi) is 7.36. The van der Waals surface area contributed by atoms with Crippen LogP contribution < -0.4 is 10.6 Å². The van der Waals surface area contributed by atoms with Crippen molar-refractivity contribution in [3.8, 4) is 0 Å². The van der Waals surface area contributed by atoms with E-state index in [1.807, 2.05) is 6.92 Å². The highest BCUT2D eigenvalue weighted by Gasteiger charge is 2.18. The monoisotopic (exact) mass is 321 g/mol. The molecule has 130 valence electrons. The fraction of sp³-hybridized carbons (Fsp3) is 0.824. The molecular weight excluding hydrogens is 290 g/mol. The molecule has 1 fully saturated rings. The summed E-state index contributed by atoms with van der Waals surface area (Å²) in [5.74, 6) is 3.98. The van der Waals surface area contributed by atoms with E-state index in [9.17, 15) is 0 Å². The smallest absolute Gasteiger partial charge is 0.228 e. The second-order valence-corrected chi connectivity index (χ2v) is 6.60. The van der Waals surface area contributed by atoms with Crippen molar-refractivity contribution in [2.24, 2.45) is 16.8 Å². The molecule has 6 nitrogen and oxygen atoms in total. The Labute approximate surface area is 139 Å². The fourth-order valence-corrected chi connectivity index (χ4v) is 3.25. The number of aromatic nitrogens is 2. The molecule has 0 amide bonds. The van der Waals surface area contributed by atoms with Gasteiger partial charge < -0.3 is 15.2 Å². The lowest BCUT2D eigenvalue weighted by molar-refractivity contribution is 0.272. The van der Waals surface area contributed by atoms with Crippen LogP contribution in [0.3, 0.4) is 0 Å². The molecule has 2 N–H and O–H groups in total. The van der Waals surface area contributed by atoms with Crippen molar-refractivity contribution in [2.45, 2.75) is 59.3 Å². The van der Waals surface area contributed by atoms with Gasteiger partial charge in [0.15, 0.2) is 11.8 Å². The summed E-state index contributed by atoms with van der Waals surface area (Å²) in [6, 6.07) is 0. The van der Waals surface area contributed by atoms with Gasteiger partial charge in [0.25, 0.3) is 0 Å². The Morgan fingerprint density at radius 3 is 2.91 bits per heavy atom. The van der Waals surface area contributed by atoms with Crippen LogP contribution in [0.4, 0.5) is 0 Å². The first-order chi connectivity index (χ1) is 11.2. The minimum Gasteiger partial charge on any atom is -0.357 e. The molecule has 2 atom stereocenters. The molecule has 0 aliphatic heterocycles. The van der Waals surface area contributed by atoms with Gasteiger partial charge >= 0.3 is 0 Å². The van der Waals surface area contributed by atoms with E-state index in [1.54, 1.807) is 0 Å². The quantitative estimate of drug-likeness (QED) is 0.596. The van der Waals surface area contributed by atoms with Gasteiger partial charge in [0.1, 0.15) is 0 Å². The van der Waals surface area contributed by atoms with E-state index in [1.165, 1.54) is 32.1 Å². The van der Waals surface area contributed by atoms with Gasteiger partial charge in [-0.25, -0.2) is 0 Å². The molecule has 0 spiro atoms. The minimum atomic E-state index is 0.669. The molecule has 0 bridgehead atoms. The van der Waals surface area contributed by atoms with E-state index in [-0.39, 0.29) is 0 Å². The first kappa shape index (κ1) is 17.8. The van der Waals surface area contributed by atoms with Crippen LogP contribution in [0.2, 0.25) is 0 Å². The molecule has 0 saturated heterocycles. The van der Waals surface area contributed by atoms with Crippen LogP contribution >= 0.6 is 0 Å². The number of aryl methyl sites for hydroxylation is 1. The zero-order valence-electron chi connectivity index (χ0n) is 14.8. The van der Waals surface area contributed by atoms with E-state index < -0.39 is 0 Å². The first-order valence-corrected chi connectivity index (χ1v) is 8.98. The first-order valence-electron chi connectivity index (χ1n) is 8.98. The largest absolute Gasteiger partial charge is 0.357 e. The second-order valence-electron chi connectivity index (χ2n) is 6.60. The van der Waals surface area contributed by atoms with Gasteiger partial charge in [-0.3, -0.25) is 4.99 Å². The van der Waals surface area contributed by atoms with Crippen molar-refractivity contribution in [3.63, 3.8) is 0 Å². The van der Waals surface area contributed by atoms with Gasteiger partial charge in [-0.2, -0.15) is 4.98 Å². The average molecular weight is 321 g/mol. The fourth-order valence-electron chi connectivity index (χ4n) is 3.25. The van der Waals surface area contributed by atoms with Crippen LogP contribution in [-0.4, -0.2) is 35.7 Å². The molecule has 1 aliphatic carbocycles. The number of rotatable bonds is 7. The Morgan fingerprint density at radius 1 is 1.35 bits per heavy atom. The maximum absolute atomic E-state index is 5.12. The molecule has 1 heterocycles. The molecule has 1 aromatic heterocycles. The van der Waals surface area contributed by atoms with E-state index in [0.717, 1.165) is 37.4 Å². The molecule has 0 aromatic carbocycles. The predicted octanol–water partition coefficient (Wildman–Crippen LogP) is 2.69. The highest BCUT2D eigenvalue weighted by atomic mass is 16.5. The van der Waals surface area contributed by atoms with E-state index >= 15 is 0 Å². The number of nitrogens with one attached hydrogen (secondary N) is 2. The van der Waals surface area contributed by atoms with Crippen molar-refractivity contribution in [1.29, 1.82) is 0 Å². The van der Waals surface area contributed by atoms with E-state index in [2.05, 4.69) is 34.6 Å². The van der Waals surface area contributed by atoms with Crippen molar-refractivity contribution in [1.82, 2.24) is 20.8 Å². The van der Waals surface area contributed by atoms with Gasteiger partial charge in [0.2, 0.25) is 5.89 Å². The summed E-state index contributed by atoms with van der Waals surface area (Å²) >= 11 is 0. The van der Waals surface area contributed by atoms with Gasteiger partial charge in [-0.05, 0) is 38.5 Å². The number of hydrogen-bond acceptors (Lipinski definition) is 4. The minimum absolute atomic E-state index is 0.669. The van der Waals surface area contributed by atoms with Crippen LogP contribution in [-0.2, 0) is 6.42 Å². The molecule has 23 heavy (non-hydrogen) atoms. The Hall–Kier alpha value is -1.59. The Balaban J connectivity index is 1.70. The van der Waals surface area contributed by atoms with Crippen molar-refractivity contribution in [3.05, 3.63) is 11.7 Å². The maximum atomic E-state index is 5.12. The van der Waals surface area contributed by atoms with Gasteiger partial charge in [-0.15, -0.1) is 0 Å². The molecule has 2 rings (SSSR count). The zero-order chi connectivity index (χ0) is 16.5. The number of aliphatic imine (C=N–C) groups is 1. The summed E-state index contributed by atoms with van der Waals surface area (Å²) in [7, 11) is 0. The lowest BCUT2D eigenvalue weighted by Crippen LogP contribution is -2.38. The van der Waals surface area contributed by atoms with E-state index in [0.29, 0.717) is 18.1 Å². The lowest BCUT2D eigenvalue weighted by Gasteiger charge is -2.26. The van der Waals surface area contributed by atoms with Crippen LogP contribution in [0.5, 0.6) is 0 Å². The third-order valence-corrected chi connectivity index (χ3v) is 4.40. The maximum Gasteiger partial charge on any atom is 0.228 e. The normalized spacial score (nSPS) is 22.1. The van der Waals surface area contributed by atoms with Crippen LogP contribution in [0.15, 0.2) is 9.52 Å². The molecule has 1 saturated carbocycles. The zero-order valence-corrected chi connectivity index (χ0v) is 14.8.